The predicted octanol–water partition coefficient (Wildman–Crippen LogP) is 4.59. The number of nitrogens with zero attached hydrogens (tertiary/aromatic N) is 3. The quantitative estimate of drug-likeness (QED) is 0.301. The summed E-state index contributed by atoms with van der Waals surface area (Å²) in [6.45, 7) is 5.07. The number of aromatic nitrogens is 3. The van der Waals surface area contributed by atoms with Crippen molar-refractivity contribution in [1.29, 1.82) is 0 Å². The van der Waals surface area contributed by atoms with Crippen LogP contribution in [-0.4, -0.2) is 32.3 Å². The first-order valence-electron chi connectivity index (χ1n) is 10.7. The SMILES string of the molecule is Cc1cc(C(=O)COC(=O)c2ccc(Cl)cc2)c(C)n1-c1c(C)n(C)n(-c2ccccc2)c1=O. The van der Waals surface area contributed by atoms with Crippen LogP contribution in [0.25, 0.3) is 11.4 Å². The smallest absolute Gasteiger partial charge is 0.338 e. The molecule has 0 radical (unpaired) electrons. The van der Waals surface area contributed by atoms with Crippen LogP contribution < -0.4 is 5.56 Å². The predicted molar refractivity (Wildman–Crippen MR) is 131 cm³/mol. The molecule has 34 heavy (non-hydrogen) atoms. The first-order chi connectivity index (χ1) is 16.2. The Hall–Kier alpha value is -3.84. The second kappa shape index (κ2) is 9.19. The number of benzene rings is 2. The van der Waals surface area contributed by atoms with Crippen molar-refractivity contribution in [2.45, 2.75) is 20.8 Å². The summed E-state index contributed by atoms with van der Waals surface area (Å²) in [4.78, 5) is 38.6. The lowest BCUT2D eigenvalue weighted by Gasteiger charge is -2.09. The van der Waals surface area contributed by atoms with Crippen molar-refractivity contribution in [3.05, 3.63) is 104 Å². The van der Waals surface area contributed by atoms with Gasteiger partial charge in [-0.2, -0.15) is 0 Å². The van der Waals surface area contributed by atoms with Gasteiger partial charge < -0.3 is 9.30 Å². The van der Waals surface area contributed by atoms with Crippen LogP contribution in [0.4, 0.5) is 0 Å². The normalized spacial score (nSPS) is 11.0. The van der Waals surface area contributed by atoms with Gasteiger partial charge in [0.15, 0.2) is 6.61 Å². The van der Waals surface area contributed by atoms with Gasteiger partial charge in [0.1, 0.15) is 5.69 Å². The van der Waals surface area contributed by atoms with Crippen molar-refractivity contribution < 1.29 is 14.3 Å². The van der Waals surface area contributed by atoms with Crippen LogP contribution >= 0.6 is 11.6 Å². The Bertz CT molecular complexity index is 1440. The number of hydrogen-bond acceptors (Lipinski definition) is 4. The van der Waals surface area contributed by atoms with Crippen molar-refractivity contribution in [2.24, 2.45) is 7.05 Å². The number of carbonyl (C=O) groups excluding carboxylic acids is 2. The van der Waals surface area contributed by atoms with E-state index in [1.165, 1.54) is 12.1 Å². The first-order valence-corrected chi connectivity index (χ1v) is 11.1. The van der Waals surface area contributed by atoms with Gasteiger partial charge in [-0.15, -0.1) is 0 Å². The molecule has 0 N–H and O–H groups in total. The number of hydrogen-bond donors (Lipinski definition) is 0. The summed E-state index contributed by atoms with van der Waals surface area (Å²) in [5.74, 6) is -0.956. The average molecular weight is 478 g/mol. The summed E-state index contributed by atoms with van der Waals surface area (Å²) < 4.78 is 10.4. The van der Waals surface area contributed by atoms with Crippen molar-refractivity contribution in [2.75, 3.05) is 6.61 Å². The molecule has 2 aromatic carbocycles. The standard InChI is InChI=1S/C26H24ClN3O4/c1-16-14-22(23(31)15-34-26(33)19-10-12-20(27)13-11-19)17(2)29(16)24-18(3)28(4)30(25(24)32)21-8-6-5-7-9-21/h5-14H,15H2,1-4H3. The monoisotopic (exact) mass is 477 g/mol. The van der Waals surface area contributed by atoms with E-state index in [9.17, 15) is 14.4 Å². The number of aryl methyl sites for hydroxylation is 1. The highest BCUT2D eigenvalue weighted by atomic mass is 35.5. The molecule has 4 aromatic rings. The van der Waals surface area contributed by atoms with E-state index in [4.69, 9.17) is 16.3 Å². The molecule has 0 aliphatic carbocycles. The summed E-state index contributed by atoms with van der Waals surface area (Å²) in [5.41, 5.74) is 3.83. The third-order valence-corrected chi connectivity index (χ3v) is 6.15. The molecule has 0 unspecified atom stereocenters. The van der Waals surface area contributed by atoms with Crippen LogP contribution in [0.15, 0.2) is 65.5 Å². The molecular weight excluding hydrogens is 454 g/mol. The first kappa shape index (κ1) is 23.3. The van der Waals surface area contributed by atoms with Gasteiger partial charge in [-0.25, -0.2) is 9.48 Å². The zero-order valence-electron chi connectivity index (χ0n) is 19.3. The van der Waals surface area contributed by atoms with Crippen LogP contribution in [0.2, 0.25) is 5.02 Å². The zero-order valence-corrected chi connectivity index (χ0v) is 20.1. The molecule has 0 aliphatic rings. The second-order valence-corrected chi connectivity index (χ2v) is 8.47. The Morgan fingerprint density at radius 1 is 0.941 bits per heavy atom. The Labute approximate surface area is 201 Å². The maximum atomic E-state index is 13.4. The molecule has 0 saturated carbocycles. The van der Waals surface area contributed by atoms with Crippen molar-refractivity contribution in [3.63, 3.8) is 0 Å². The number of ketones is 1. The van der Waals surface area contributed by atoms with E-state index in [0.717, 1.165) is 17.1 Å². The average Bonchev–Trinajstić information content (AvgIpc) is 3.23. The van der Waals surface area contributed by atoms with Gasteiger partial charge in [-0.3, -0.25) is 14.3 Å². The van der Waals surface area contributed by atoms with Gasteiger partial charge in [0.2, 0.25) is 5.78 Å². The molecular formula is C26H24ClN3O4. The highest BCUT2D eigenvalue weighted by Gasteiger charge is 2.24. The summed E-state index contributed by atoms with van der Waals surface area (Å²) in [7, 11) is 1.82. The molecule has 2 heterocycles. The summed E-state index contributed by atoms with van der Waals surface area (Å²) >= 11 is 5.84. The lowest BCUT2D eigenvalue weighted by Crippen LogP contribution is -2.22. The summed E-state index contributed by atoms with van der Waals surface area (Å²) in [6, 6.07) is 17.3. The minimum absolute atomic E-state index is 0.193. The highest BCUT2D eigenvalue weighted by Crippen LogP contribution is 2.23. The third kappa shape index (κ3) is 4.10. The van der Waals surface area contributed by atoms with Crippen LogP contribution in [-0.2, 0) is 11.8 Å². The fraction of sp³-hybridized carbons (Fsp3) is 0.192. The number of ether oxygens (including phenoxy) is 1. The van der Waals surface area contributed by atoms with Crippen LogP contribution in [0.3, 0.4) is 0 Å². The fourth-order valence-corrected chi connectivity index (χ4v) is 4.20. The molecule has 0 spiro atoms. The van der Waals surface area contributed by atoms with E-state index in [2.05, 4.69) is 0 Å². The molecule has 4 rings (SSSR count). The van der Waals surface area contributed by atoms with E-state index in [-0.39, 0.29) is 11.3 Å². The Balaban J connectivity index is 1.65. The van der Waals surface area contributed by atoms with E-state index in [1.807, 2.05) is 51.2 Å². The zero-order chi connectivity index (χ0) is 24.6. The fourth-order valence-electron chi connectivity index (χ4n) is 4.08. The van der Waals surface area contributed by atoms with E-state index < -0.39 is 12.6 Å². The molecule has 0 saturated heterocycles. The number of para-hydroxylation sites is 1. The van der Waals surface area contributed by atoms with E-state index in [0.29, 0.717) is 27.5 Å². The molecule has 0 aliphatic heterocycles. The second-order valence-electron chi connectivity index (χ2n) is 8.04. The Morgan fingerprint density at radius 3 is 2.24 bits per heavy atom. The van der Waals surface area contributed by atoms with Crippen LogP contribution in [0.1, 0.15) is 37.8 Å². The lowest BCUT2D eigenvalue weighted by molar-refractivity contribution is 0.0474. The lowest BCUT2D eigenvalue weighted by atomic mass is 10.1. The van der Waals surface area contributed by atoms with Gasteiger partial charge in [0.05, 0.1) is 16.9 Å². The summed E-state index contributed by atoms with van der Waals surface area (Å²) in [5, 5.41) is 0.502. The Kier molecular flexibility index (Phi) is 6.30. The van der Waals surface area contributed by atoms with Gasteiger partial charge in [-0.05, 0) is 63.2 Å². The number of halogens is 1. The van der Waals surface area contributed by atoms with Crippen molar-refractivity contribution >= 4 is 23.4 Å². The molecule has 0 bridgehead atoms. The van der Waals surface area contributed by atoms with Gasteiger partial charge >= 0.3 is 5.97 Å². The molecule has 0 amide bonds. The van der Waals surface area contributed by atoms with Crippen LogP contribution in [0, 0.1) is 20.8 Å². The molecule has 2 aromatic heterocycles. The molecule has 0 fully saturated rings. The molecule has 7 nitrogen and oxygen atoms in total. The molecule has 174 valence electrons. The minimum Gasteiger partial charge on any atom is -0.454 e. The van der Waals surface area contributed by atoms with Crippen molar-refractivity contribution in [1.82, 2.24) is 13.9 Å². The molecule has 8 heteroatoms. The van der Waals surface area contributed by atoms with Crippen molar-refractivity contribution in [3.8, 4) is 11.4 Å². The van der Waals surface area contributed by atoms with Gasteiger partial charge in [0, 0.05) is 29.0 Å². The van der Waals surface area contributed by atoms with Crippen LogP contribution in [0.5, 0.6) is 0 Å². The highest BCUT2D eigenvalue weighted by molar-refractivity contribution is 6.30. The number of rotatable bonds is 6. The largest absolute Gasteiger partial charge is 0.454 e. The summed E-state index contributed by atoms with van der Waals surface area (Å²) in [6.07, 6.45) is 0. The van der Waals surface area contributed by atoms with Gasteiger partial charge in [0.25, 0.3) is 5.56 Å². The number of Topliss-reactive ketones (excluding diaryl/α,β-unsaturated/α-hetero) is 1. The third-order valence-electron chi connectivity index (χ3n) is 5.89. The van der Waals surface area contributed by atoms with E-state index >= 15 is 0 Å². The molecule has 0 atom stereocenters. The van der Waals surface area contributed by atoms with Gasteiger partial charge in [-0.1, -0.05) is 29.8 Å². The minimum atomic E-state index is -0.608. The Morgan fingerprint density at radius 2 is 1.59 bits per heavy atom. The maximum Gasteiger partial charge on any atom is 0.338 e. The number of carbonyl (C=O) groups is 2. The van der Waals surface area contributed by atoms with E-state index in [1.54, 1.807) is 39.1 Å². The maximum absolute atomic E-state index is 13.4. The topological polar surface area (TPSA) is 75.2 Å². The number of esters is 1.